The highest BCUT2D eigenvalue weighted by Gasteiger charge is 2.34. The molecular formula is C22H27NO2. The first-order chi connectivity index (χ1) is 12.2. The predicted octanol–water partition coefficient (Wildman–Crippen LogP) is 4.63. The molecule has 2 aromatic carbocycles. The molecule has 1 fully saturated rings. The van der Waals surface area contributed by atoms with Crippen molar-refractivity contribution >= 4 is 5.78 Å². The Morgan fingerprint density at radius 3 is 2.16 bits per heavy atom. The third-order valence-corrected chi connectivity index (χ3v) is 4.80. The van der Waals surface area contributed by atoms with Gasteiger partial charge < -0.3 is 10.1 Å². The van der Waals surface area contributed by atoms with Gasteiger partial charge in [-0.05, 0) is 43.1 Å². The molecule has 0 aliphatic heterocycles. The number of benzene rings is 2. The van der Waals surface area contributed by atoms with Gasteiger partial charge in [-0.2, -0.15) is 0 Å². The summed E-state index contributed by atoms with van der Waals surface area (Å²) >= 11 is 0. The van der Waals surface area contributed by atoms with Crippen molar-refractivity contribution in [2.24, 2.45) is 0 Å². The van der Waals surface area contributed by atoms with E-state index in [0.29, 0.717) is 25.2 Å². The van der Waals surface area contributed by atoms with E-state index in [1.807, 2.05) is 37.4 Å². The molecule has 3 nitrogen and oxygen atoms in total. The van der Waals surface area contributed by atoms with Crippen molar-refractivity contribution in [2.45, 2.75) is 37.8 Å². The maximum atomic E-state index is 11.5. The summed E-state index contributed by atoms with van der Waals surface area (Å²) in [5, 5.41) is 3.44. The molecule has 0 unspecified atom stereocenters. The van der Waals surface area contributed by atoms with E-state index in [0.717, 1.165) is 24.2 Å². The van der Waals surface area contributed by atoms with Gasteiger partial charge in [-0.3, -0.25) is 4.79 Å². The van der Waals surface area contributed by atoms with Gasteiger partial charge in [0.25, 0.3) is 0 Å². The van der Waals surface area contributed by atoms with Gasteiger partial charge >= 0.3 is 0 Å². The van der Waals surface area contributed by atoms with Gasteiger partial charge in [-0.15, -0.1) is 13.2 Å². The van der Waals surface area contributed by atoms with Crippen LogP contribution in [0.5, 0.6) is 5.75 Å². The summed E-state index contributed by atoms with van der Waals surface area (Å²) in [4.78, 5) is 11.5. The number of Topliss-reactive ketones (excluding diaryl/α,β-unsaturated/α-hetero) is 1. The van der Waals surface area contributed by atoms with Crippen LogP contribution < -0.4 is 10.1 Å². The molecule has 0 amide bonds. The molecule has 1 saturated carbocycles. The average Bonchev–Trinajstić information content (AvgIpc) is 2.70. The van der Waals surface area contributed by atoms with Gasteiger partial charge in [0.15, 0.2) is 0 Å². The second-order valence-corrected chi connectivity index (χ2v) is 6.17. The molecule has 0 bridgehead atoms. The minimum absolute atomic E-state index is 0.0775. The second kappa shape index (κ2) is 9.19. The third-order valence-electron chi connectivity index (χ3n) is 4.80. The number of carbonyl (C=O) groups excluding carboxylic acids is 1. The van der Waals surface area contributed by atoms with Gasteiger partial charge in [0.2, 0.25) is 0 Å². The molecule has 0 saturated heterocycles. The van der Waals surface area contributed by atoms with Crippen molar-refractivity contribution in [3.05, 3.63) is 78.9 Å². The van der Waals surface area contributed by atoms with Gasteiger partial charge in [0.05, 0.1) is 0 Å². The SMILES string of the molecule is C=C.CNC1(c2ccc(OCc3ccccc3)cc2)CCC(=O)CC1. The lowest BCUT2D eigenvalue weighted by atomic mass is 9.76. The van der Waals surface area contributed by atoms with Crippen molar-refractivity contribution in [1.82, 2.24) is 5.32 Å². The van der Waals surface area contributed by atoms with Gasteiger partial charge in [0.1, 0.15) is 18.1 Å². The first-order valence-electron chi connectivity index (χ1n) is 8.70. The molecule has 0 radical (unpaired) electrons. The Hall–Kier alpha value is -2.39. The van der Waals surface area contributed by atoms with Crippen molar-refractivity contribution in [1.29, 1.82) is 0 Å². The van der Waals surface area contributed by atoms with Crippen LogP contribution in [0.4, 0.5) is 0 Å². The normalized spacial score (nSPS) is 15.8. The van der Waals surface area contributed by atoms with Crippen LogP contribution in [0.15, 0.2) is 67.8 Å². The molecule has 0 aromatic heterocycles. The first kappa shape index (κ1) is 18.9. The predicted molar refractivity (Wildman–Crippen MR) is 103 cm³/mol. The molecule has 3 rings (SSSR count). The van der Waals surface area contributed by atoms with Crippen LogP contribution >= 0.6 is 0 Å². The zero-order chi connectivity index (χ0) is 18.1. The standard InChI is InChI=1S/C20H23NO2.C2H4/c1-21-20(13-11-18(22)12-14-20)17-7-9-19(10-8-17)23-15-16-5-3-2-4-6-16;1-2/h2-10,21H,11-15H2,1H3;1-2H2. The van der Waals surface area contributed by atoms with E-state index in [2.05, 4.69) is 42.7 Å². The van der Waals surface area contributed by atoms with Crippen molar-refractivity contribution in [3.8, 4) is 5.75 Å². The summed E-state index contributed by atoms with van der Waals surface area (Å²) in [5.41, 5.74) is 2.32. The van der Waals surface area contributed by atoms with E-state index in [-0.39, 0.29) is 5.54 Å². The highest BCUT2D eigenvalue weighted by Crippen LogP contribution is 2.36. The van der Waals surface area contributed by atoms with Crippen molar-refractivity contribution in [2.75, 3.05) is 7.05 Å². The number of carbonyl (C=O) groups is 1. The maximum absolute atomic E-state index is 11.5. The minimum Gasteiger partial charge on any atom is -0.489 e. The topological polar surface area (TPSA) is 38.3 Å². The van der Waals surface area contributed by atoms with Crippen molar-refractivity contribution < 1.29 is 9.53 Å². The molecule has 1 N–H and O–H groups in total. The number of hydrogen-bond acceptors (Lipinski definition) is 3. The van der Waals surface area contributed by atoms with Crippen LogP contribution in [0, 0.1) is 0 Å². The summed E-state index contributed by atoms with van der Waals surface area (Å²) < 4.78 is 5.84. The summed E-state index contributed by atoms with van der Waals surface area (Å²) in [5.74, 6) is 1.24. The van der Waals surface area contributed by atoms with Crippen molar-refractivity contribution in [3.63, 3.8) is 0 Å². The largest absolute Gasteiger partial charge is 0.489 e. The highest BCUT2D eigenvalue weighted by atomic mass is 16.5. The van der Waals surface area contributed by atoms with E-state index < -0.39 is 0 Å². The molecule has 0 heterocycles. The number of ether oxygens (including phenoxy) is 1. The first-order valence-corrected chi connectivity index (χ1v) is 8.70. The van der Waals surface area contributed by atoms with Crippen LogP contribution in [0.3, 0.4) is 0 Å². The van der Waals surface area contributed by atoms with Gasteiger partial charge in [0, 0.05) is 18.4 Å². The smallest absolute Gasteiger partial charge is 0.133 e. The van der Waals surface area contributed by atoms with Gasteiger partial charge in [-0.25, -0.2) is 0 Å². The summed E-state index contributed by atoms with van der Waals surface area (Å²) in [7, 11) is 1.98. The Balaban J connectivity index is 0.00000109. The summed E-state index contributed by atoms with van der Waals surface area (Å²) in [6, 6.07) is 18.4. The van der Waals surface area contributed by atoms with Gasteiger partial charge in [-0.1, -0.05) is 42.5 Å². The Bertz CT molecular complexity index is 654. The van der Waals surface area contributed by atoms with Crippen LogP contribution in [-0.2, 0) is 16.9 Å². The van der Waals surface area contributed by atoms with Crippen LogP contribution in [-0.4, -0.2) is 12.8 Å². The van der Waals surface area contributed by atoms with Crippen LogP contribution in [0.2, 0.25) is 0 Å². The summed E-state index contributed by atoms with van der Waals surface area (Å²) in [6.07, 6.45) is 3.05. The highest BCUT2D eigenvalue weighted by molar-refractivity contribution is 5.79. The fraction of sp³-hybridized carbons (Fsp3) is 0.318. The maximum Gasteiger partial charge on any atom is 0.133 e. The number of rotatable bonds is 5. The zero-order valence-electron chi connectivity index (χ0n) is 15.0. The molecule has 2 aromatic rings. The average molecular weight is 337 g/mol. The number of nitrogens with one attached hydrogen (secondary N) is 1. The lowest BCUT2D eigenvalue weighted by molar-refractivity contribution is -0.121. The van der Waals surface area contributed by atoms with E-state index in [1.54, 1.807) is 0 Å². The fourth-order valence-corrected chi connectivity index (χ4v) is 3.25. The Labute approximate surface area is 150 Å². The third kappa shape index (κ3) is 4.80. The molecule has 3 heteroatoms. The fourth-order valence-electron chi connectivity index (χ4n) is 3.25. The molecule has 132 valence electrons. The monoisotopic (exact) mass is 337 g/mol. The molecule has 0 spiro atoms. The van der Waals surface area contributed by atoms with E-state index in [1.165, 1.54) is 5.56 Å². The van der Waals surface area contributed by atoms with E-state index >= 15 is 0 Å². The lowest BCUT2D eigenvalue weighted by Gasteiger charge is -2.37. The Morgan fingerprint density at radius 2 is 1.60 bits per heavy atom. The van der Waals surface area contributed by atoms with E-state index in [4.69, 9.17) is 4.74 Å². The Kier molecular flexibility index (Phi) is 6.96. The molecule has 1 aliphatic carbocycles. The summed E-state index contributed by atoms with van der Waals surface area (Å²) in [6.45, 7) is 6.58. The zero-order valence-corrected chi connectivity index (χ0v) is 15.0. The quantitative estimate of drug-likeness (QED) is 0.809. The molecule has 1 aliphatic rings. The lowest BCUT2D eigenvalue weighted by Crippen LogP contribution is -2.43. The second-order valence-electron chi connectivity index (χ2n) is 6.17. The molecule has 25 heavy (non-hydrogen) atoms. The molecular weight excluding hydrogens is 310 g/mol. The van der Waals surface area contributed by atoms with Crippen LogP contribution in [0.1, 0.15) is 36.8 Å². The Morgan fingerprint density at radius 1 is 1.00 bits per heavy atom. The number of hydrogen-bond donors (Lipinski definition) is 1. The number of ketones is 1. The van der Waals surface area contributed by atoms with E-state index in [9.17, 15) is 4.79 Å². The molecule has 0 atom stereocenters. The van der Waals surface area contributed by atoms with Crippen LogP contribution in [0.25, 0.3) is 0 Å². The minimum atomic E-state index is -0.0775.